The summed E-state index contributed by atoms with van der Waals surface area (Å²) in [6.45, 7) is 2.82. The molecule has 0 spiro atoms. The summed E-state index contributed by atoms with van der Waals surface area (Å²) in [6, 6.07) is 12.8. The number of nitrogens with zero attached hydrogens (tertiary/aromatic N) is 3. The summed E-state index contributed by atoms with van der Waals surface area (Å²) in [5, 5.41) is 3.80. The van der Waals surface area contributed by atoms with Crippen molar-refractivity contribution in [2.75, 3.05) is 20.1 Å². The van der Waals surface area contributed by atoms with Crippen molar-refractivity contribution < 1.29 is 9.18 Å². The van der Waals surface area contributed by atoms with Crippen LogP contribution in [-0.2, 0) is 13.0 Å². The maximum atomic E-state index is 14.4. The summed E-state index contributed by atoms with van der Waals surface area (Å²) in [4.78, 5) is 21.6. The second-order valence-electron chi connectivity index (χ2n) is 8.27. The first kappa shape index (κ1) is 21.7. The highest BCUT2D eigenvalue weighted by Crippen LogP contribution is 2.29. The van der Waals surface area contributed by atoms with Crippen LogP contribution in [0.25, 0.3) is 0 Å². The average Bonchev–Trinajstić information content (AvgIpc) is 3.34. The molecular weight excluding hydrogens is 409 g/mol. The maximum absolute atomic E-state index is 14.4. The van der Waals surface area contributed by atoms with Crippen molar-refractivity contribution >= 4 is 17.2 Å². The van der Waals surface area contributed by atoms with E-state index in [1.807, 2.05) is 53.2 Å². The molecule has 1 fully saturated rings. The minimum absolute atomic E-state index is 0.0142. The van der Waals surface area contributed by atoms with Gasteiger partial charge in [0.1, 0.15) is 5.82 Å². The molecule has 3 aromatic rings. The van der Waals surface area contributed by atoms with Gasteiger partial charge in [0, 0.05) is 37.4 Å². The lowest BCUT2D eigenvalue weighted by Crippen LogP contribution is -2.47. The molecule has 162 valence electrons. The molecule has 0 bridgehead atoms. The first-order valence-corrected chi connectivity index (χ1v) is 11.7. The Morgan fingerprint density at radius 2 is 2.03 bits per heavy atom. The zero-order valence-electron chi connectivity index (χ0n) is 17.8. The minimum Gasteiger partial charge on any atom is -0.338 e. The van der Waals surface area contributed by atoms with Crippen molar-refractivity contribution in [1.82, 2.24) is 14.8 Å². The Morgan fingerprint density at radius 3 is 2.71 bits per heavy atom. The SMILES string of the molecule is CN(C(=O)c1ccsc1)[C@H](Cc1ccccc1F)C1CCN(Cc2cccnc2)CC1. The number of piperidine rings is 1. The van der Waals surface area contributed by atoms with E-state index in [9.17, 15) is 9.18 Å². The highest BCUT2D eigenvalue weighted by molar-refractivity contribution is 7.08. The van der Waals surface area contributed by atoms with Crippen LogP contribution in [0.2, 0.25) is 0 Å². The number of rotatable bonds is 7. The van der Waals surface area contributed by atoms with Gasteiger partial charge >= 0.3 is 0 Å². The smallest absolute Gasteiger partial charge is 0.254 e. The number of likely N-dealkylation sites (tertiary alicyclic amines) is 1. The van der Waals surface area contributed by atoms with Crippen molar-refractivity contribution in [2.24, 2.45) is 5.92 Å². The maximum Gasteiger partial charge on any atom is 0.254 e. The molecule has 4 nitrogen and oxygen atoms in total. The fourth-order valence-corrected chi connectivity index (χ4v) is 5.12. The van der Waals surface area contributed by atoms with Crippen molar-refractivity contribution in [1.29, 1.82) is 0 Å². The Balaban J connectivity index is 1.48. The van der Waals surface area contributed by atoms with E-state index in [1.165, 1.54) is 23.0 Å². The molecule has 0 saturated carbocycles. The summed E-state index contributed by atoms with van der Waals surface area (Å²) >= 11 is 1.52. The van der Waals surface area contributed by atoms with Crippen LogP contribution in [-0.4, -0.2) is 46.9 Å². The van der Waals surface area contributed by atoms with Gasteiger partial charge in [-0.15, -0.1) is 0 Å². The normalized spacial score (nSPS) is 16.2. The van der Waals surface area contributed by atoms with Crippen LogP contribution in [0.15, 0.2) is 65.6 Å². The van der Waals surface area contributed by atoms with E-state index >= 15 is 0 Å². The Labute approximate surface area is 187 Å². The molecule has 1 amide bonds. The number of thiophene rings is 1. The van der Waals surface area contributed by atoms with Crippen LogP contribution in [0, 0.1) is 11.7 Å². The van der Waals surface area contributed by atoms with Crippen molar-refractivity contribution in [3.05, 3.63) is 88.1 Å². The molecule has 0 unspecified atom stereocenters. The molecule has 2 aromatic heterocycles. The van der Waals surface area contributed by atoms with E-state index in [0.717, 1.165) is 32.5 Å². The Morgan fingerprint density at radius 1 is 1.23 bits per heavy atom. The van der Waals surface area contributed by atoms with E-state index in [-0.39, 0.29) is 17.8 Å². The number of hydrogen-bond donors (Lipinski definition) is 0. The number of amides is 1. The monoisotopic (exact) mass is 437 g/mol. The molecule has 1 aromatic carbocycles. The summed E-state index contributed by atoms with van der Waals surface area (Å²) < 4.78 is 14.4. The van der Waals surface area contributed by atoms with Gasteiger partial charge in [-0.25, -0.2) is 4.39 Å². The predicted molar refractivity (Wildman–Crippen MR) is 123 cm³/mol. The van der Waals surface area contributed by atoms with Gasteiger partial charge in [0.2, 0.25) is 0 Å². The van der Waals surface area contributed by atoms with Gasteiger partial charge in [-0.2, -0.15) is 11.3 Å². The number of benzene rings is 1. The zero-order valence-corrected chi connectivity index (χ0v) is 18.6. The van der Waals surface area contributed by atoms with Gasteiger partial charge in [-0.05, 0) is 73.0 Å². The molecule has 4 rings (SSSR count). The van der Waals surface area contributed by atoms with Gasteiger partial charge in [0.05, 0.1) is 5.56 Å². The summed E-state index contributed by atoms with van der Waals surface area (Å²) in [6.07, 6.45) is 6.22. The van der Waals surface area contributed by atoms with Gasteiger partial charge < -0.3 is 4.90 Å². The van der Waals surface area contributed by atoms with E-state index in [4.69, 9.17) is 0 Å². The number of likely N-dealkylation sites (N-methyl/N-ethyl adjacent to an activating group) is 1. The molecular formula is C25H28FN3OS. The van der Waals surface area contributed by atoms with Crippen LogP contribution in [0.3, 0.4) is 0 Å². The van der Waals surface area contributed by atoms with Gasteiger partial charge in [-0.1, -0.05) is 24.3 Å². The third-order valence-electron chi connectivity index (χ3n) is 6.28. The van der Waals surface area contributed by atoms with Crippen molar-refractivity contribution in [2.45, 2.75) is 31.8 Å². The average molecular weight is 438 g/mol. The second kappa shape index (κ2) is 10.2. The predicted octanol–water partition coefficient (Wildman–Crippen LogP) is 4.88. The quantitative estimate of drug-likeness (QED) is 0.529. The largest absolute Gasteiger partial charge is 0.338 e. The lowest BCUT2D eigenvalue weighted by Gasteiger charge is -2.40. The molecule has 1 aliphatic heterocycles. The number of carbonyl (C=O) groups excluding carboxylic acids is 1. The first-order valence-electron chi connectivity index (χ1n) is 10.8. The fraction of sp³-hybridized carbons (Fsp3) is 0.360. The zero-order chi connectivity index (χ0) is 21.6. The fourth-order valence-electron chi connectivity index (χ4n) is 4.50. The molecule has 31 heavy (non-hydrogen) atoms. The lowest BCUT2D eigenvalue weighted by molar-refractivity contribution is 0.0584. The Kier molecular flexibility index (Phi) is 7.10. The van der Waals surface area contributed by atoms with Crippen molar-refractivity contribution in [3.8, 4) is 0 Å². The molecule has 0 radical (unpaired) electrons. The van der Waals surface area contributed by atoms with Gasteiger partial charge in [0.25, 0.3) is 5.91 Å². The first-order chi connectivity index (χ1) is 15.1. The third-order valence-corrected chi connectivity index (χ3v) is 6.96. The van der Waals surface area contributed by atoms with Crippen LogP contribution >= 0.6 is 11.3 Å². The lowest BCUT2D eigenvalue weighted by atomic mass is 9.84. The van der Waals surface area contributed by atoms with E-state index in [1.54, 1.807) is 12.3 Å². The van der Waals surface area contributed by atoms with Crippen LogP contribution in [0.1, 0.15) is 34.3 Å². The highest BCUT2D eigenvalue weighted by Gasteiger charge is 2.32. The Hall–Kier alpha value is -2.57. The molecule has 1 aliphatic rings. The summed E-state index contributed by atoms with van der Waals surface area (Å²) in [5.74, 6) is 0.149. The molecule has 6 heteroatoms. The topological polar surface area (TPSA) is 36.4 Å². The van der Waals surface area contributed by atoms with Crippen LogP contribution in [0.4, 0.5) is 4.39 Å². The minimum atomic E-state index is -0.196. The highest BCUT2D eigenvalue weighted by atomic mass is 32.1. The number of carbonyl (C=O) groups is 1. The number of hydrogen-bond acceptors (Lipinski definition) is 4. The number of halogens is 1. The second-order valence-corrected chi connectivity index (χ2v) is 9.05. The molecule has 0 aliphatic carbocycles. The number of pyridine rings is 1. The molecule has 1 atom stereocenters. The van der Waals surface area contributed by atoms with Gasteiger partial charge in [0.15, 0.2) is 0 Å². The Bertz CT molecular complexity index is 971. The van der Waals surface area contributed by atoms with Crippen LogP contribution in [0.5, 0.6) is 0 Å². The molecule has 0 N–H and O–H groups in total. The standard InChI is InChI=1S/C25H28FN3OS/c1-28(25(30)22-10-14-31-18-22)24(15-21-6-2-3-7-23(21)26)20-8-12-29(13-9-20)17-19-5-4-11-27-16-19/h2-7,10-11,14,16,18,20,24H,8-9,12-13,15,17H2,1H3/t24-/m1/s1. The third kappa shape index (κ3) is 5.38. The number of aromatic nitrogens is 1. The van der Waals surface area contributed by atoms with E-state index in [0.29, 0.717) is 23.5 Å². The summed E-state index contributed by atoms with van der Waals surface area (Å²) in [5.41, 5.74) is 2.60. The molecule has 1 saturated heterocycles. The summed E-state index contributed by atoms with van der Waals surface area (Å²) in [7, 11) is 1.87. The van der Waals surface area contributed by atoms with Crippen LogP contribution < -0.4 is 0 Å². The molecule has 3 heterocycles. The van der Waals surface area contributed by atoms with Crippen molar-refractivity contribution in [3.63, 3.8) is 0 Å². The van der Waals surface area contributed by atoms with Gasteiger partial charge in [-0.3, -0.25) is 14.7 Å². The van der Waals surface area contributed by atoms with E-state index < -0.39 is 0 Å². The van der Waals surface area contributed by atoms with E-state index in [2.05, 4.69) is 16.0 Å².